The lowest BCUT2D eigenvalue weighted by Crippen LogP contribution is -2.13. The molecule has 0 unspecified atom stereocenters. The molecule has 1 amide bonds. The number of halogens is 5. The normalized spacial score (nSPS) is 10.8. The lowest BCUT2D eigenvalue weighted by molar-refractivity contribution is -0.118. The predicted molar refractivity (Wildman–Crippen MR) is 576 cm³/mol. The number of benzene rings is 10. The molecule has 22 nitrogen and oxygen atoms in total. The number of nitrogens with zero attached hydrogens (tertiary/aromatic N) is 6. The van der Waals surface area contributed by atoms with E-state index in [0.717, 1.165) is 84.8 Å². The van der Waals surface area contributed by atoms with Crippen LogP contribution in [-0.4, -0.2) is 93.4 Å². The quantitative estimate of drug-likeness (QED) is 0.0276. The molecule has 0 saturated carbocycles. The van der Waals surface area contributed by atoms with Crippen molar-refractivity contribution in [3.05, 3.63) is 445 Å². The lowest BCUT2D eigenvalue weighted by atomic mass is 9.93. The Morgan fingerprint density at radius 2 is 0.820 bits per heavy atom. The van der Waals surface area contributed by atoms with E-state index in [9.17, 15) is 61.1 Å². The Kier molecular flexibility index (Phi) is 41.2. The van der Waals surface area contributed by atoms with Crippen LogP contribution in [0.4, 0.5) is 18.9 Å². The fraction of sp³-hybridized carbons (Fsp3) is 0.205. The average Bonchev–Trinajstić information content (AvgIpc) is 1.75. The maximum Gasteiger partial charge on any atom is 0.255 e. The number of carbonyl (C=O) groups is 10. The third-order valence-electron chi connectivity index (χ3n) is 23.2. The van der Waals surface area contributed by atoms with Crippen LogP contribution in [-0.2, 0) is 94.2 Å². The SMILES string of the molecule is CC(C)(C)c1cc(CC(=O)Cc2ccc(Oc3ccncc3)cc2)no1.CCC(=O)c1cc(Oc2ccc(CC(=O)Cc3ccc(Cl)c(C)c3)c(F)c2)ccn1.CCC(=O)c1cc(Oc2ccc(CC(=O)Cc3ccc(Cl)c(C)c3)cc2)ccn1.CCC(=O)c1cc(Oc2ccc(CC(=O)Cc3ccc(SCC(C)=O)c(F)c3)c(F)c2)ccn1.Cc1ccc(C(=O)Cc2cccc(-c3cccn3C)c2)cc1NC(=O)c1ccccc1. The van der Waals surface area contributed by atoms with Crippen molar-refractivity contribution in [1.29, 1.82) is 0 Å². The second-order valence-electron chi connectivity index (χ2n) is 36.4. The Morgan fingerprint density at radius 1 is 0.387 bits per heavy atom. The largest absolute Gasteiger partial charge is 0.457 e. The van der Waals surface area contributed by atoms with Gasteiger partial charge in [-0.25, -0.2) is 13.2 Å². The van der Waals surface area contributed by atoms with Crippen LogP contribution >= 0.6 is 35.0 Å². The summed E-state index contributed by atoms with van der Waals surface area (Å²) >= 11 is 13.1. The van der Waals surface area contributed by atoms with Crippen LogP contribution in [0.1, 0.15) is 193 Å². The van der Waals surface area contributed by atoms with Gasteiger partial charge in [0.1, 0.15) is 115 Å². The van der Waals surface area contributed by atoms with Gasteiger partial charge in [-0.1, -0.05) is 185 Å². The van der Waals surface area contributed by atoms with Gasteiger partial charge in [-0.05, 0) is 222 Å². The molecule has 10 aromatic carbocycles. The summed E-state index contributed by atoms with van der Waals surface area (Å²) in [4.78, 5) is 138. The fourth-order valence-corrected chi connectivity index (χ4v) is 16.1. The minimum atomic E-state index is -0.605. The van der Waals surface area contributed by atoms with Crippen molar-refractivity contribution in [1.82, 2.24) is 29.7 Å². The zero-order valence-electron chi connectivity index (χ0n) is 84.8. The Balaban J connectivity index is 0.000000167. The number of ketones is 9. The predicted octanol–water partition coefficient (Wildman–Crippen LogP) is 27.7. The molecule has 0 fully saturated rings. The van der Waals surface area contributed by atoms with E-state index in [-0.39, 0.29) is 124 Å². The summed E-state index contributed by atoms with van der Waals surface area (Å²) in [5, 5.41) is 8.28. The van der Waals surface area contributed by atoms with E-state index in [2.05, 4.69) is 67.9 Å². The molecule has 766 valence electrons. The molecule has 0 radical (unpaired) electrons. The van der Waals surface area contributed by atoms with E-state index in [0.29, 0.717) is 128 Å². The van der Waals surface area contributed by atoms with Crippen LogP contribution in [0.5, 0.6) is 46.0 Å². The fourth-order valence-electron chi connectivity index (χ4n) is 15.1. The van der Waals surface area contributed by atoms with E-state index in [1.54, 1.807) is 118 Å². The summed E-state index contributed by atoms with van der Waals surface area (Å²) in [6, 6.07) is 80.5. The number of hydrogen-bond acceptors (Lipinski definition) is 21. The molecule has 6 heterocycles. The van der Waals surface area contributed by atoms with Gasteiger partial charge in [-0.15, -0.1) is 11.8 Å². The number of thioether (sulfide) groups is 1. The molecule has 1 N–H and O–H groups in total. The van der Waals surface area contributed by atoms with Crippen LogP contribution in [0.2, 0.25) is 10.0 Å². The molecule has 16 aromatic rings. The number of amides is 1. The minimum absolute atomic E-state index is 0.0132. The van der Waals surface area contributed by atoms with Crippen LogP contribution in [0.25, 0.3) is 11.3 Å². The summed E-state index contributed by atoms with van der Waals surface area (Å²) in [6.07, 6.45) is 12.5. The molecule has 16 rings (SSSR count). The number of carbonyl (C=O) groups excluding carboxylic acids is 10. The van der Waals surface area contributed by atoms with Gasteiger partial charge in [0.15, 0.2) is 23.1 Å². The first-order chi connectivity index (χ1) is 71.9. The number of aryl methyl sites for hydroxylation is 4. The molecule has 0 bridgehead atoms. The van der Waals surface area contributed by atoms with Crippen LogP contribution in [0, 0.1) is 38.2 Å². The summed E-state index contributed by atoms with van der Waals surface area (Å²) in [5.41, 5.74) is 13.9. The Morgan fingerprint density at radius 3 is 1.28 bits per heavy atom. The second-order valence-corrected chi connectivity index (χ2v) is 38.3. The minimum Gasteiger partial charge on any atom is -0.457 e. The summed E-state index contributed by atoms with van der Waals surface area (Å²) in [7, 11) is 2.00. The van der Waals surface area contributed by atoms with Crippen molar-refractivity contribution in [2.24, 2.45) is 7.05 Å². The van der Waals surface area contributed by atoms with Gasteiger partial charge in [0, 0.05) is 194 Å². The van der Waals surface area contributed by atoms with Gasteiger partial charge < -0.3 is 33.4 Å². The first-order valence-electron chi connectivity index (χ1n) is 48.4. The number of nitrogens with one attached hydrogen (secondary N) is 1. The molecule has 150 heavy (non-hydrogen) atoms. The number of Topliss-reactive ketones (excluding diaryl/α,β-unsaturated/α-hetero) is 9. The first kappa shape index (κ1) is 112. The monoisotopic (exact) mass is 2070 g/mol. The van der Waals surface area contributed by atoms with Crippen molar-refractivity contribution in [2.45, 2.75) is 157 Å². The molecule has 0 aliphatic rings. The Labute approximate surface area is 883 Å². The van der Waals surface area contributed by atoms with Gasteiger partial charge in [0.05, 0.1) is 17.9 Å². The van der Waals surface area contributed by atoms with E-state index in [1.807, 2.05) is 167 Å². The van der Waals surface area contributed by atoms with Crippen molar-refractivity contribution >= 4 is 98.6 Å². The van der Waals surface area contributed by atoms with E-state index >= 15 is 0 Å². The van der Waals surface area contributed by atoms with Crippen LogP contribution < -0.4 is 24.3 Å². The number of hydrogen-bond donors (Lipinski definition) is 1. The molecule has 0 atom stereocenters. The number of aromatic nitrogens is 6. The van der Waals surface area contributed by atoms with Crippen LogP contribution in [0.3, 0.4) is 0 Å². The van der Waals surface area contributed by atoms with Gasteiger partial charge >= 0.3 is 0 Å². The van der Waals surface area contributed by atoms with Gasteiger partial charge in [0.25, 0.3) is 5.91 Å². The number of pyridine rings is 4. The highest BCUT2D eigenvalue weighted by molar-refractivity contribution is 8.00. The second kappa shape index (κ2) is 54.9. The highest BCUT2D eigenvalue weighted by atomic mass is 35.5. The smallest absolute Gasteiger partial charge is 0.255 e. The zero-order chi connectivity index (χ0) is 108. The van der Waals surface area contributed by atoms with E-state index < -0.39 is 17.5 Å². The molecular formula is C122H112Cl2F3N7O15S. The number of rotatable bonds is 39. The third kappa shape index (κ3) is 35.0. The molecule has 0 spiro atoms. The van der Waals surface area contributed by atoms with E-state index in [4.69, 9.17) is 46.7 Å². The van der Waals surface area contributed by atoms with Gasteiger partial charge in [0.2, 0.25) is 0 Å². The van der Waals surface area contributed by atoms with Crippen molar-refractivity contribution in [3.8, 4) is 57.3 Å². The van der Waals surface area contributed by atoms with Gasteiger partial charge in [-0.3, -0.25) is 67.9 Å². The van der Waals surface area contributed by atoms with Gasteiger partial charge in [-0.2, -0.15) is 0 Å². The maximum atomic E-state index is 14.6. The third-order valence-corrected chi connectivity index (χ3v) is 25.2. The highest BCUT2D eigenvalue weighted by Gasteiger charge is 2.24. The van der Waals surface area contributed by atoms with Crippen molar-refractivity contribution < 1.29 is 84.6 Å². The Bertz CT molecular complexity index is 7500. The number of ether oxygens (including phenoxy) is 4. The van der Waals surface area contributed by atoms with Crippen molar-refractivity contribution in [2.75, 3.05) is 11.1 Å². The molecule has 6 aromatic heterocycles. The standard InChI is InChI=1S/C27H24N2O2.C26H23F2NO4S.C24H21ClFNO3.C24H22ClNO3.C21H22N2O3/c1-19-13-14-23(18-24(19)28-27(31)21-9-4-3-5-10-21)26(30)17-20-8-6-11-22(16-20)25-12-7-15-29(25)2;1-3-25(32)24-14-21(8-9-29-24)33-20-6-5-18(22(27)13-20)12-19(31)10-17-4-7-26(23(28)11-17)34-15-16(2)30;1-3-24(29)23-14-20(8-9-27-23)30-19-6-5-17(22(26)13-19)12-18(28)11-16-4-7-21(25)15(2)10-16;1-3-24(28)23-15-21(10-11-26-23)29-20-7-4-17(5-8-20)13-19(27)14-18-6-9-22(25)16(2)12-18;1-21(2,3)20-14-16(23-26-20)13-17(24)12-15-4-6-18(7-5-15)25-19-8-10-22-11-9-19/h3-16,18H,17H2,1-2H3,(H,28,31);4-9,11,13-14H,3,10,12,15H2,1-2H3;4-10,13-14H,3,11-12H2,1-2H3;4-12,15H,3,13-14H2,1-2H3;4-11,14H,12-13H2,1-3H3. The summed E-state index contributed by atoms with van der Waals surface area (Å²) < 4.78 is 73.5. The molecular weight excluding hydrogens is 1960 g/mol. The van der Waals surface area contributed by atoms with Crippen molar-refractivity contribution in [3.63, 3.8) is 0 Å². The average molecular weight is 2080 g/mol. The summed E-state index contributed by atoms with van der Waals surface area (Å²) in [5.74, 6) is 2.59. The lowest BCUT2D eigenvalue weighted by Gasteiger charge is -2.12. The zero-order valence-corrected chi connectivity index (χ0v) is 87.1. The van der Waals surface area contributed by atoms with Crippen LogP contribution in [0.15, 0.2) is 326 Å². The topological polar surface area (TPSA) is 302 Å². The van der Waals surface area contributed by atoms with E-state index in [1.165, 1.54) is 73.9 Å². The maximum absolute atomic E-state index is 14.6. The molecule has 0 aliphatic heterocycles. The molecule has 0 saturated heterocycles. The molecule has 28 heteroatoms. The Hall–Kier alpha value is -16.3. The molecule has 0 aliphatic carbocycles. The first-order valence-corrected chi connectivity index (χ1v) is 50.2. The number of anilines is 1. The summed E-state index contributed by atoms with van der Waals surface area (Å²) in [6.45, 7) is 18.6. The highest BCUT2D eigenvalue weighted by Crippen LogP contribution is 2.34.